The molecule has 3 aromatic rings. The van der Waals surface area contributed by atoms with Gasteiger partial charge in [0.15, 0.2) is 5.92 Å². The van der Waals surface area contributed by atoms with Crippen LogP contribution >= 0.6 is 27.3 Å². The van der Waals surface area contributed by atoms with Crippen LogP contribution in [0.5, 0.6) is 5.75 Å². The van der Waals surface area contributed by atoms with Crippen molar-refractivity contribution in [3.8, 4) is 23.1 Å². The number of quaternary nitrogens is 1. The van der Waals surface area contributed by atoms with Crippen molar-refractivity contribution in [2.75, 3.05) is 44.7 Å². The molecule has 1 fully saturated rings. The molecule has 1 N–H and O–H groups in total. The lowest BCUT2D eigenvalue weighted by Gasteiger charge is -2.34. The molecule has 6 nitrogen and oxygen atoms in total. The maximum Gasteiger partial charge on any atom is 0.210 e. The number of piperazine rings is 1. The normalized spacial score (nSPS) is 15.2. The minimum Gasteiger partial charge on any atom is -0.495 e. The van der Waals surface area contributed by atoms with E-state index in [0.717, 1.165) is 53.3 Å². The first-order chi connectivity index (χ1) is 15.6. The van der Waals surface area contributed by atoms with E-state index in [1.54, 1.807) is 7.11 Å². The number of Topliss-reactive ketones (excluding diaryl/α,β-unsaturated/α-hetero) is 1. The van der Waals surface area contributed by atoms with Crippen LogP contribution in [-0.4, -0.2) is 50.6 Å². The monoisotopic (exact) mass is 511 g/mol. The van der Waals surface area contributed by atoms with Crippen LogP contribution in [-0.2, 0) is 4.79 Å². The van der Waals surface area contributed by atoms with Gasteiger partial charge in [0.2, 0.25) is 5.78 Å². The SMILES string of the molecule is COc1ccccc1N1CC[NH+](CC(=O)[C@H](C#N)c2nc(-c3ccc(Br)cc3)cs2)CC1. The van der Waals surface area contributed by atoms with E-state index in [2.05, 4.69) is 37.9 Å². The number of hydrogen-bond donors (Lipinski definition) is 1. The molecule has 1 saturated heterocycles. The predicted molar refractivity (Wildman–Crippen MR) is 129 cm³/mol. The molecular weight excluding hydrogens is 488 g/mol. The summed E-state index contributed by atoms with van der Waals surface area (Å²) in [5.74, 6) is -0.0178. The van der Waals surface area contributed by atoms with Gasteiger partial charge in [-0.3, -0.25) is 4.79 Å². The number of ether oxygens (including phenoxy) is 1. The summed E-state index contributed by atoms with van der Waals surface area (Å²) in [7, 11) is 1.68. The average molecular weight is 512 g/mol. The molecule has 1 aliphatic rings. The van der Waals surface area contributed by atoms with Crippen LogP contribution in [0.3, 0.4) is 0 Å². The number of nitrogens with one attached hydrogen (secondary N) is 1. The van der Waals surface area contributed by atoms with Gasteiger partial charge in [0.1, 0.15) is 17.3 Å². The van der Waals surface area contributed by atoms with Crippen molar-refractivity contribution in [2.45, 2.75) is 5.92 Å². The number of para-hydroxylation sites is 2. The number of nitriles is 1. The molecule has 1 atom stereocenters. The Kier molecular flexibility index (Phi) is 7.20. The number of methoxy groups -OCH3 is 1. The molecule has 0 spiro atoms. The summed E-state index contributed by atoms with van der Waals surface area (Å²) >= 11 is 4.81. The van der Waals surface area contributed by atoms with Gasteiger partial charge in [-0.15, -0.1) is 11.3 Å². The summed E-state index contributed by atoms with van der Waals surface area (Å²) in [6.07, 6.45) is 0. The number of rotatable bonds is 7. The summed E-state index contributed by atoms with van der Waals surface area (Å²) in [6, 6.07) is 18.0. The number of carbonyl (C=O) groups is 1. The van der Waals surface area contributed by atoms with Gasteiger partial charge in [-0.05, 0) is 24.3 Å². The van der Waals surface area contributed by atoms with E-state index >= 15 is 0 Å². The number of thiazole rings is 1. The molecule has 2 heterocycles. The minimum absolute atomic E-state index is 0.0649. The third-order valence-corrected chi connectivity index (χ3v) is 7.12. The van der Waals surface area contributed by atoms with Crippen molar-refractivity contribution in [2.24, 2.45) is 0 Å². The quantitative estimate of drug-likeness (QED) is 0.527. The van der Waals surface area contributed by atoms with Gasteiger partial charge in [-0.2, -0.15) is 5.26 Å². The van der Waals surface area contributed by atoms with Crippen molar-refractivity contribution in [1.82, 2.24) is 4.98 Å². The van der Waals surface area contributed by atoms with E-state index in [9.17, 15) is 10.1 Å². The predicted octanol–water partition coefficient (Wildman–Crippen LogP) is 3.16. The first kappa shape index (κ1) is 22.5. The average Bonchev–Trinajstić information content (AvgIpc) is 3.30. The third-order valence-electron chi connectivity index (χ3n) is 5.68. The molecule has 164 valence electrons. The fourth-order valence-corrected chi connectivity index (χ4v) is 5.08. The molecule has 0 amide bonds. The molecule has 32 heavy (non-hydrogen) atoms. The number of anilines is 1. The van der Waals surface area contributed by atoms with Gasteiger partial charge in [-0.25, -0.2) is 4.98 Å². The lowest BCUT2D eigenvalue weighted by atomic mass is 10.1. The van der Waals surface area contributed by atoms with Crippen LogP contribution in [0.4, 0.5) is 5.69 Å². The van der Waals surface area contributed by atoms with E-state index in [0.29, 0.717) is 11.6 Å². The van der Waals surface area contributed by atoms with Crippen molar-refractivity contribution in [3.05, 3.63) is 63.4 Å². The summed E-state index contributed by atoms with van der Waals surface area (Å²) in [5.41, 5.74) is 2.85. The maximum atomic E-state index is 13.0. The Hall–Kier alpha value is -2.73. The standard InChI is InChI=1S/C24H23BrN4O2S/c1-31-23-5-3-2-4-21(23)29-12-10-28(11-13-29)15-22(30)19(14-26)24-27-20(16-32-24)17-6-8-18(25)9-7-17/h2-9,16,19H,10-13,15H2,1H3/p+1/t19-/m0/s1. The molecule has 1 aliphatic heterocycles. The Morgan fingerprint density at radius 2 is 1.97 bits per heavy atom. The summed E-state index contributed by atoms with van der Waals surface area (Å²) < 4.78 is 6.47. The Balaban J connectivity index is 1.37. The highest BCUT2D eigenvalue weighted by Crippen LogP contribution is 2.28. The highest BCUT2D eigenvalue weighted by atomic mass is 79.9. The first-order valence-electron chi connectivity index (χ1n) is 10.4. The molecular formula is C24H24BrN4O2S+. The molecule has 2 aromatic carbocycles. The Morgan fingerprint density at radius 1 is 1.25 bits per heavy atom. The number of nitrogens with zero attached hydrogens (tertiary/aromatic N) is 3. The van der Waals surface area contributed by atoms with E-state index in [1.807, 2.05) is 47.8 Å². The number of benzene rings is 2. The van der Waals surface area contributed by atoms with Gasteiger partial charge < -0.3 is 14.5 Å². The van der Waals surface area contributed by atoms with Gasteiger partial charge in [0.25, 0.3) is 0 Å². The largest absolute Gasteiger partial charge is 0.495 e. The second kappa shape index (κ2) is 10.3. The van der Waals surface area contributed by atoms with Crippen LogP contribution in [0.1, 0.15) is 10.9 Å². The molecule has 1 aromatic heterocycles. The minimum atomic E-state index is -0.816. The summed E-state index contributed by atoms with van der Waals surface area (Å²) in [6.45, 7) is 3.69. The van der Waals surface area contributed by atoms with Crippen LogP contribution in [0.2, 0.25) is 0 Å². The number of hydrogen-bond acceptors (Lipinski definition) is 6. The molecule has 8 heteroatoms. The molecule has 0 bridgehead atoms. The van der Waals surface area contributed by atoms with Crippen molar-refractivity contribution in [1.29, 1.82) is 5.26 Å². The van der Waals surface area contributed by atoms with Crippen molar-refractivity contribution in [3.63, 3.8) is 0 Å². The van der Waals surface area contributed by atoms with Crippen molar-refractivity contribution < 1.29 is 14.4 Å². The number of aromatic nitrogens is 1. The molecule has 4 rings (SSSR count). The topological polar surface area (TPSA) is 70.7 Å². The first-order valence-corrected chi connectivity index (χ1v) is 12.1. The zero-order valence-electron chi connectivity index (χ0n) is 17.8. The van der Waals surface area contributed by atoms with Crippen LogP contribution in [0.15, 0.2) is 58.4 Å². The maximum absolute atomic E-state index is 13.0. The van der Waals surface area contributed by atoms with Crippen LogP contribution < -0.4 is 14.5 Å². The zero-order chi connectivity index (χ0) is 22.5. The molecule has 0 unspecified atom stereocenters. The van der Waals surface area contributed by atoms with E-state index in [4.69, 9.17) is 4.74 Å². The second-order valence-corrected chi connectivity index (χ2v) is 9.50. The van der Waals surface area contributed by atoms with Gasteiger partial charge in [-0.1, -0.05) is 40.2 Å². The fraction of sp³-hybridized carbons (Fsp3) is 0.292. The summed E-state index contributed by atoms with van der Waals surface area (Å²) in [5, 5.41) is 12.2. The highest BCUT2D eigenvalue weighted by molar-refractivity contribution is 9.10. The third kappa shape index (κ3) is 5.01. The Morgan fingerprint density at radius 3 is 2.66 bits per heavy atom. The highest BCUT2D eigenvalue weighted by Gasteiger charge is 2.30. The Labute approximate surface area is 200 Å². The second-order valence-electron chi connectivity index (χ2n) is 7.69. The number of halogens is 1. The van der Waals surface area contributed by atoms with Crippen LogP contribution in [0.25, 0.3) is 11.3 Å². The Bertz CT molecular complexity index is 1120. The van der Waals surface area contributed by atoms with Crippen molar-refractivity contribution >= 4 is 38.7 Å². The van der Waals surface area contributed by atoms with Gasteiger partial charge >= 0.3 is 0 Å². The van der Waals surface area contributed by atoms with E-state index in [-0.39, 0.29) is 5.78 Å². The molecule has 0 radical (unpaired) electrons. The number of ketones is 1. The number of carbonyl (C=O) groups excluding carboxylic acids is 1. The summed E-state index contributed by atoms with van der Waals surface area (Å²) in [4.78, 5) is 21.1. The van der Waals surface area contributed by atoms with Gasteiger partial charge in [0, 0.05) is 15.4 Å². The molecule has 0 saturated carbocycles. The lowest BCUT2D eigenvalue weighted by molar-refractivity contribution is -0.892. The van der Waals surface area contributed by atoms with Crippen LogP contribution in [0, 0.1) is 11.3 Å². The lowest BCUT2D eigenvalue weighted by Crippen LogP contribution is -3.15. The fourth-order valence-electron chi connectivity index (χ4n) is 3.92. The molecule has 0 aliphatic carbocycles. The van der Waals surface area contributed by atoms with E-state index < -0.39 is 5.92 Å². The zero-order valence-corrected chi connectivity index (χ0v) is 20.2. The van der Waals surface area contributed by atoms with E-state index in [1.165, 1.54) is 16.2 Å². The smallest absolute Gasteiger partial charge is 0.210 e. The van der Waals surface area contributed by atoms with Gasteiger partial charge in [0.05, 0.1) is 50.7 Å².